The van der Waals surface area contributed by atoms with E-state index in [0.717, 1.165) is 26.4 Å². The van der Waals surface area contributed by atoms with Gasteiger partial charge in [0.1, 0.15) is 18.3 Å². The standard InChI is InChI=1S/C21H40N2O20S4.4Na/c1-3-23(17(25)11-9-7-5-4-6-8-10-12-39-44(26,27)28)14-16(24)22-13-15-18(41-45(29,30)31)19(42-46(32,33)34)20(21(38-2)40-15)43-47(35,36)37;;;;/h15,18-21H,3-14H2,1-2H3,(H,22,24)(H,26,27,28)(H,29,30,31)(H,32,33,34)(H,35,36,37);;;;/q;4*+1/p-4/t15-,18-,19+,20+,21+;;;;/m1..../s1. The van der Waals surface area contributed by atoms with E-state index in [0.29, 0.717) is 25.7 Å². The fourth-order valence-corrected chi connectivity index (χ4v) is 6.16. The molecule has 1 heterocycles. The summed E-state index contributed by atoms with van der Waals surface area (Å²) in [4.78, 5) is 26.4. The number of carbonyl (C=O) groups excluding carboxylic acids is 2. The largest absolute Gasteiger partial charge is 1.00 e. The molecule has 1 aliphatic rings. The van der Waals surface area contributed by atoms with E-state index in [1.165, 1.54) is 4.90 Å². The third-order valence-electron chi connectivity index (χ3n) is 6.34. The van der Waals surface area contributed by atoms with Crippen molar-refractivity contribution < 1.29 is 206 Å². The number of amides is 2. The van der Waals surface area contributed by atoms with Crippen LogP contribution in [0.5, 0.6) is 0 Å². The van der Waals surface area contributed by atoms with Crippen molar-refractivity contribution in [1.82, 2.24) is 10.2 Å². The Hall–Kier alpha value is 2.34. The SMILES string of the molecule is CCN(CC(=O)NC[C@H]1O[C@H](OC)[C@@H](OS(=O)(=O)[O-])[C@@H](OS(=O)(=O)[O-])[C@@H]1OS(=O)(=O)[O-])C(=O)CCCCCCCCCOS(=O)(=O)[O-].[Na+].[Na+].[Na+].[Na+]. The van der Waals surface area contributed by atoms with Crippen molar-refractivity contribution in [3.05, 3.63) is 0 Å². The second kappa shape index (κ2) is 28.7. The Morgan fingerprint density at radius 1 is 0.686 bits per heavy atom. The van der Waals surface area contributed by atoms with Gasteiger partial charge in [-0.15, -0.1) is 0 Å². The molecule has 1 saturated heterocycles. The average Bonchev–Trinajstić information content (AvgIpc) is 2.91. The van der Waals surface area contributed by atoms with Crippen molar-refractivity contribution in [1.29, 1.82) is 0 Å². The van der Waals surface area contributed by atoms with Crippen molar-refractivity contribution in [2.75, 3.05) is 33.4 Å². The van der Waals surface area contributed by atoms with Crippen LogP contribution in [-0.4, -0.2) is 133 Å². The minimum absolute atomic E-state index is 0. The number of hydrogen-bond donors (Lipinski definition) is 1. The molecule has 22 nitrogen and oxygen atoms in total. The Morgan fingerprint density at radius 3 is 1.59 bits per heavy atom. The molecule has 0 bridgehead atoms. The van der Waals surface area contributed by atoms with Gasteiger partial charge < -0.3 is 37.9 Å². The van der Waals surface area contributed by atoms with Gasteiger partial charge in [-0.25, -0.2) is 33.7 Å². The molecule has 0 aromatic carbocycles. The van der Waals surface area contributed by atoms with Crippen LogP contribution in [-0.2, 0) is 77.4 Å². The predicted molar refractivity (Wildman–Crippen MR) is 147 cm³/mol. The van der Waals surface area contributed by atoms with E-state index in [4.69, 9.17) is 9.47 Å². The summed E-state index contributed by atoms with van der Waals surface area (Å²) >= 11 is 0. The first-order chi connectivity index (χ1) is 21.5. The first kappa shape index (κ1) is 60.0. The molecule has 1 aliphatic heterocycles. The molecule has 0 spiro atoms. The van der Waals surface area contributed by atoms with Gasteiger partial charge in [0.05, 0.1) is 13.2 Å². The first-order valence-electron chi connectivity index (χ1n) is 13.8. The van der Waals surface area contributed by atoms with Gasteiger partial charge in [0.25, 0.3) is 0 Å². The predicted octanol–water partition coefficient (Wildman–Crippen LogP) is -14.5. The maximum Gasteiger partial charge on any atom is 1.00 e. The molecule has 51 heavy (non-hydrogen) atoms. The van der Waals surface area contributed by atoms with E-state index >= 15 is 0 Å². The summed E-state index contributed by atoms with van der Waals surface area (Å²) < 4.78 is 160. The summed E-state index contributed by atoms with van der Waals surface area (Å²) in [6.45, 7) is 0.165. The Kier molecular flexibility index (Phi) is 33.8. The van der Waals surface area contributed by atoms with Crippen LogP contribution in [0.15, 0.2) is 0 Å². The number of nitrogens with zero attached hydrogens (tertiary/aromatic N) is 1. The molecule has 278 valence electrons. The smallest absolute Gasteiger partial charge is 0.726 e. The Balaban J connectivity index is -0.00000276. The Bertz CT molecular complexity index is 1460. The van der Waals surface area contributed by atoms with Crippen molar-refractivity contribution in [2.45, 2.75) is 89.0 Å². The van der Waals surface area contributed by atoms with Gasteiger partial charge >= 0.3 is 118 Å². The van der Waals surface area contributed by atoms with Crippen molar-refractivity contribution in [2.24, 2.45) is 0 Å². The zero-order chi connectivity index (χ0) is 36.1. The average molecular weight is 857 g/mol. The van der Waals surface area contributed by atoms with Gasteiger partial charge in [-0.05, 0) is 19.8 Å². The first-order valence-corrected chi connectivity index (χ1v) is 19.1. The Labute approximate surface area is 386 Å². The van der Waals surface area contributed by atoms with E-state index in [2.05, 4.69) is 22.0 Å². The van der Waals surface area contributed by atoms with Crippen molar-refractivity contribution in [3.8, 4) is 0 Å². The molecule has 0 aromatic rings. The van der Waals surface area contributed by atoms with Crippen LogP contribution in [0.1, 0.15) is 58.3 Å². The fourth-order valence-electron chi connectivity index (χ4n) is 4.37. The molecule has 1 fully saturated rings. The van der Waals surface area contributed by atoms with Gasteiger partial charge in [-0.2, -0.15) is 0 Å². The topological polar surface area (TPSA) is 334 Å². The normalized spacial score (nSPS) is 20.8. The third-order valence-corrected chi connectivity index (χ3v) is 8.17. The second-order valence-electron chi connectivity index (χ2n) is 9.85. The third kappa shape index (κ3) is 28.4. The number of likely N-dealkylation sites (N-methyl/N-ethyl adjacent to an activating group) is 1. The molecule has 1 rings (SSSR count). The number of nitrogens with one attached hydrogen (secondary N) is 1. The second-order valence-corrected chi connectivity index (χ2v) is 13.9. The number of unbranched alkanes of at least 4 members (excludes halogenated alkanes) is 6. The molecular formula is C21H36N2Na4O20S4. The summed E-state index contributed by atoms with van der Waals surface area (Å²) in [6.07, 6.45) is -6.95. The van der Waals surface area contributed by atoms with Gasteiger partial charge in [0.2, 0.25) is 53.4 Å². The zero-order valence-corrected chi connectivity index (χ0v) is 40.4. The maximum atomic E-state index is 12.6. The number of rotatable bonds is 23. The summed E-state index contributed by atoms with van der Waals surface area (Å²) in [6, 6.07) is 0. The summed E-state index contributed by atoms with van der Waals surface area (Å²) in [5.41, 5.74) is 0. The maximum absolute atomic E-state index is 12.6. The molecule has 0 unspecified atom stereocenters. The van der Waals surface area contributed by atoms with E-state index in [1.807, 2.05) is 0 Å². The van der Waals surface area contributed by atoms with Crippen LogP contribution in [0.4, 0.5) is 0 Å². The van der Waals surface area contributed by atoms with E-state index in [9.17, 15) is 61.5 Å². The molecule has 5 atom stereocenters. The number of methoxy groups -OCH3 is 1. The van der Waals surface area contributed by atoms with E-state index < -0.39 is 97.2 Å². The van der Waals surface area contributed by atoms with Crippen LogP contribution in [0.3, 0.4) is 0 Å². The van der Waals surface area contributed by atoms with Gasteiger partial charge in [-0.3, -0.25) is 26.3 Å². The number of ether oxygens (including phenoxy) is 2. The quantitative estimate of drug-likeness (QED) is 0.0431. The van der Waals surface area contributed by atoms with Crippen LogP contribution >= 0.6 is 0 Å². The van der Waals surface area contributed by atoms with Gasteiger partial charge in [-0.1, -0.05) is 32.1 Å². The fraction of sp³-hybridized carbons (Fsp3) is 0.905. The number of carbonyl (C=O) groups is 2. The summed E-state index contributed by atoms with van der Waals surface area (Å²) in [5, 5.41) is 2.24. The molecule has 0 saturated carbocycles. The molecule has 30 heteroatoms. The minimum Gasteiger partial charge on any atom is -0.726 e. The van der Waals surface area contributed by atoms with Crippen molar-refractivity contribution in [3.63, 3.8) is 0 Å². The van der Waals surface area contributed by atoms with Gasteiger partial charge in [0, 0.05) is 26.6 Å². The van der Waals surface area contributed by atoms with E-state index in [-0.39, 0.29) is 138 Å². The molecule has 2 amide bonds. The molecule has 0 radical (unpaired) electrons. The molecule has 0 aliphatic carbocycles. The van der Waals surface area contributed by atoms with Crippen LogP contribution in [0, 0.1) is 0 Å². The Morgan fingerprint density at radius 2 is 1.14 bits per heavy atom. The minimum atomic E-state index is -5.82. The van der Waals surface area contributed by atoms with Crippen LogP contribution < -0.4 is 124 Å². The van der Waals surface area contributed by atoms with Crippen LogP contribution in [0.25, 0.3) is 0 Å². The zero-order valence-electron chi connectivity index (χ0n) is 29.1. The van der Waals surface area contributed by atoms with Crippen LogP contribution in [0.2, 0.25) is 0 Å². The molecule has 0 aromatic heterocycles. The van der Waals surface area contributed by atoms with E-state index in [1.54, 1.807) is 6.92 Å². The van der Waals surface area contributed by atoms with Gasteiger partial charge in [0.15, 0.2) is 12.4 Å². The monoisotopic (exact) mass is 856 g/mol. The summed E-state index contributed by atoms with van der Waals surface area (Å²) in [7, 11) is -21.2. The number of hydrogen-bond acceptors (Lipinski definition) is 20. The van der Waals surface area contributed by atoms with Crippen molar-refractivity contribution >= 4 is 53.4 Å². The summed E-state index contributed by atoms with van der Waals surface area (Å²) in [5.74, 6) is -1.25. The molecular weight excluding hydrogens is 820 g/mol. The molecule has 1 N–H and O–H groups in total.